The number of aliphatic hydroxyl groups is 4. The summed E-state index contributed by atoms with van der Waals surface area (Å²) in [5.74, 6) is 0. The first-order chi connectivity index (χ1) is 6.01. The fourth-order valence-electron chi connectivity index (χ4n) is 1.92. The first kappa shape index (κ1) is 10.7. The Labute approximate surface area is 77.1 Å². The van der Waals surface area contributed by atoms with Gasteiger partial charge >= 0.3 is 0 Å². The second-order valence-corrected chi connectivity index (χ2v) is 3.60. The normalized spacial score (nSPS) is 22.8. The maximum Gasteiger partial charge on any atom is 0.165 e. The number of aliphatic hydroxyl groups excluding tert-OH is 2. The first-order valence-corrected chi connectivity index (χ1v) is 4.42. The summed E-state index contributed by atoms with van der Waals surface area (Å²) in [7, 11) is 0. The van der Waals surface area contributed by atoms with E-state index in [2.05, 4.69) is 6.58 Å². The lowest BCUT2D eigenvalue weighted by atomic mass is 9.69. The van der Waals surface area contributed by atoms with Crippen molar-refractivity contribution in [1.29, 1.82) is 0 Å². The smallest absolute Gasteiger partial charge is 0.165 e. The minimum Gasteiger partial charge on any atom is -0.367 e. The molecule has 0 bridgehead atoms. The standard InChI is InChI=1S/C9H16O4/c1-6-4-2-3-5-9(6,7(10)11)8(12)13/h7-8,10-13H,1-5H2. The highest BCUT2D eigenvalue weighted by Gasteiger charge is 2.46. The van der Waals surface area contributed by atoms with Crippen molar-refractivity contribution < 1.29 is 20.4 Å². The van der Waals surface area contributed by atoms with Crippen molar-refractivity contribution in [2.45, 2.75) is 38.3 Å². The van der Waals surface area contributed by atoms with Gasteiger partial charge in [0, 0.05) is 0 Å². The van der Waals surface area contributed by atoms with Gasteiger partial charge in [-0.05, 0) is 19.3 Å². The molecule has 1 aliphatic carbocycles. The molecule has 4 heteroatoms. The lowest BCUT2D eigenvalue weighted by molar-refractivity contribution is -0.226. The van der Waals surface area contributed by atoms with E-state index < -0.39 is 18.0 Å². The lowest BCUT2D eigenvalue weighted by Crippen LogP contribution is -2.48. The fourth-order valence-corrected chi connectivity index (χ4v) is 1.92. The molecule has 0 radical (unpaired) electrons. The predicted molar refractivity (Wildman–Crippen MR) is 46.5 cm³/mol. The molecule has 0 heterocycles. The Morgan fingerprint density at radius 3 is 1.92 bits per heavy atom. The third-order valence-corrected chi connectivity index (χ3v) is 2.90. The van der Waals surface area contributed by atoms with Crippen molar-refractivity contribution in [2.75, 3.05) is 0 Å². The molecule has 0 atom stereocenters. The van der Waals surface area contributed by atoms with Gasteiger partial charge in [0.05, 0.1) is 5.41 Å². The fraction of sp³-hybridized carbons (Fsp3) is 0.778. The first-order valence-electron chi connectivity index (χ1n) is 4.42. The average molecular weight is 188 g/mol. The van der Waals surface area contributed by atoms with Gasteiger partial charge < -0.3 is 20.4 Å². The molecule has 0 aromatic heterocycles. The van der Waals surface area contributed by atoms with Crippen LogP contribution >= 0.6 is 0 Å². The number of hydrogen-bond donors (Lipinski definition) is 4. The molecule has 0 aliphatic heterocycles. The van der Waals surface area contributed by atoms with Crippen LogP contribution in [0.2, 0.25) is 0 Å². The largest absolute Gasteiger partial charge is 0.367 e. The minimum absolute atomic E-state index is 0.362. The summed E-state index contributed by atoms with van der Waals surface area (Å²) in [5.41, 5.74) is -0.818. The molecule has 0 amide bonds. The van der Waals surface area contributed by atoms with Crippen molar-refractivity contribution in [1.82, 2.24) is 0 Å². The van der Waals surface area contributed by atoms with Crippen LogP contribution < -0.4 is 0 Å². The topological polar surface area (TPSA) is 80.9 Å². The van der Waals surface area contributed by atoms with E-state index in [9.17, 15) is 0 Å². The van der Waals surface area contributed by atoms with Gasteiger partial charge in [-0.25, -0.2) is 0 Å². The van der Waals surface area contributed by atoms with Crippen LogP contribution in [-0.4, -0.2) is 33.0 Å². The summed E-state index contributed by atoms with van der Waals surface area (Å²) in [5, 5.41) is 36.6. The highest BCUT2D eigenvalue weighted by molar-refractivity contribution is 5.15. The molecule has 4 nitrogen and oxygen atoms in total. The van der Waals surface area contributed by atoms with Crippen LogP contribution in [0.4, 0.5) is 0 Å². The van der Waals surface area contributed by atoms with Gasteiger partial charge in [-0.3, -0.25) is 0 Å². The van der Waals surface area contributed by atoms with Crippen molar-refractivity contribution in [3.8, 4) is 0 Å². The van der Waals surface area contributed by atoms with Gasteiger partial charge in [0.1, 0.15) is 0 Å². The van der Waals surface area contributed by atoms with Crippen molar-refractivity contribution in [2.24, 2.45) is 5.41 Å². The molecule has 0 saturated heterocycles. The van der Waals surface area contributed by atoms with Crippen molar-refractivity contribution in [3.05, 3.63) is 12.2 Å². The highest BCUT2D eigenvalue weighted by atomic mass is 16.5. The Morgan fingerprint density at radius 1 is 1.08 bits per heavy atom. The Hall–Kier alpha value is -0.420. The molecular formula is C9H16O4. The molecule has 13 heavy (non-hydrogen) atoms. The van der Waals surface area contributed by atoms with Crippen LogP contribution in [0, 0.1) is 5.41 Å². The van der Waals surface area contributed by atoms with E-state index in [-0.39, 0.29) is 0 Å². The van der Waals surface area contributed by atoms with Crippen molar-refractivity contribution >= 4 is 0 Å². The zero-order valence-electron chi connectivity index (χ0n) is 7.48. The van der Waals surface area contributed by atoms with Crippen LogP contribution in [-0.2, 0) is 0 Å². The van der Waals surface area contributed by atoms with Gasteiger partial charge in [0.2, 0.25) is 0 Å². The molecule has 1 aliphatic rings. The maximum atomic E-state index is 9.14. The predicted octanol–water partition coefficient (Wildman–Crippen LogP) is -0.276. The zero-order chi connectivity index (χ0) is 10.1. The van der Waals surface area contributed by atoms with E-state index >= 15 is 0 Å². The number of rotatable bonds is 2. The third kappa shape index (κ3) is 1.62. The molecule has 0 aromatic carbocycles. The number of hydrogen-bond acceptors (Lipinski definition) is 4. The monoisotopic (exact) mass is 188 g/mol. The second kappa shape index (κ2) is 3.75. The summed E-state index contributed by atoms with van der Waals surface area (Å²) >= 11 is 0. The minimum atomic E-state index is -1.75. The summed E-state index contributed by atoms with van der Waals surface area (Å²) in [6, 6.07) is 0. The summed E-state index contributed by atoms with van der Waals surface area (Å²) in [4.78, 5) is 0. The Morgan fingerprint density at radius 2 is 1.62 bits per heavy atom. The summed E-state index contributed by atoms with van der Waals surface area (Å²) in [6.07, 6.45) is -0.842. The highest BCUT2D eigenvalue weighted by Crippen LogP contribution is 2.44. The third-order valence-electron chi connectivity index (χ3n) is 2.90. The van der Waals surface area contributed by atoms with E-state index in [0.717, 1.165) is 12.8 Å². The van der Waals surface area contributed by atoms with E-state index in [1.807, 2.05) is 0 Å². The lowest BCUT2D eigenvalue weighted by Gasteiger charge is -2.41. The van der Waals surface area contributed by atoms with Crippen LogP contribution in [0.5, 0.6) is 0 Å². The van der Waals surface area contributed by atoms with E-state index in [1.54, 1.807) is 0 Å². The molecule has 1 fully saturated rings. The molecule has 4 N–H and O–H groups in total. The molecule has 0 unspecified atom stereocenters. The Balaban J connectivity index is 2.93. The zero-order valence-corrected chi connectivity index (χ0v) is 7.48. The van der Waals surface area contributed by atoms with E-state index in [0.29, 0.717) is 18.4 Å². The van der Waals surface area contributed by atoms with Gasteiger partial charge in [-0.1, -0.05) is 18.6 Å². The Bertz CT molecular complexity index is 190. The molecule has 76 valence electrons. The molecule has 1 rings (SSSR count). The SMILES string of the molecule is C=C1CCCCC1(C(O)O)C(O)O. The van der Waals surface area contributed by atoms with Crippen molar-refractivity contribution in [3.63, 3.8) is 0 Å². The second-order valence-electron chi connectivity index (χ2n) is 3.60. The van der Waals surface area contributed by atoms with E-state index in [1.165, 1.54) is 0 Å². The van der Waals surface area contributed by atoms with Gasteiger partial charge in [-0.15, -0.1) is 0 Å². The maximum absolute atomic E-state index is 9.14. The molecule has 0 aromatic rings. The van der Waals surface area contributed by atoms with Crippen LogP contribution in [0.25, 0.3) is 0 Å². The van der Waals surface area contributed by atoms with Crippen LogP contribution in [0.15, 0.2) is 12.2 Å². The average Bonchev–Trinajstić information content (AvgIpc) is 2.04. The van der Waals surface area contributed by atoms with Gasteiger partial charge in [0.25, 0.3) is 0 Å². The van der Waals surface area contributed by atoms with Crippen LogP contribution in [0.3, 0.4) is 0 Å². The molecular weight excluding hydrogens is 172 g/mol. The molecule has 0 spiro atoms. The van der Waals surface area contributed by atoms with Gasteiger partial charge in [-0.2, -0.15) is 0 Å². The summed E-state index contributed by atoms with van der Waals surface area (Å²) in [6.45, 7) is 3.67. The van der Waals surface area contributed by atoms with E-state index in [4.69, 9.17) is 20.4 Å². The molecule has 1 saturated carbocycles. The van der Waals surface area contributed by atoms with Gasteiger partial charge in [0.15, 0.2) is 12.6 Å². The van der Waals surface area contributed by atoms with Crippen LogP contribution in [0.1, 0.15) is 25.7 Å². The summed E-state index contributed by atoms with van der Waals surface area (Å²) < 4.78 is 0. The Kier molecular flexibility index (Phi) is 3.08. The quantitative estimate of drug-likeness (QED) is 0.355.